The van der Waals surface area contributed by atoms with Crippen LogP contribution in [0.15, 0.2) is 65.7 Å². The van der Waals surface area contributed by atoms with Gasteiger partial charge in [-0.25, -0.2) is 4.39 Å². The molecule has 5 nitrogen and oxygen atoms in total. The van der Waals surface area contributed by atoms with Crippen molar-refractivity contribution in [1.82, 2.24) is 5.32 Å². The first-order valence-electron chi connectivity index (χ1n) is 15.1. The van der Waals surface area contributed by atoms with Crippen LogP contribution < -0.4 is 10.1 Å². The van der Waals surface area contributed by atoms with Crippen LogP contribution in [-0.2, 0) is 0 Å². The van der Waals surface area contributed by atoms with Gasteiger partial charge in [0.15, 0.2) is 5.78 Å². The van der Waals surface area contributed by atoms with E-state index in [1.807, 2.05) is 18.2 Å². The molecule has 3 aromatic carbocycles. The zero-order valence-electron chi connectivity index (χ0n) is 23.7. The van der Waals surface area contributed by atoms with Crippen molar-refractivity contribution in [3.05, 3.63) is 83.2 Å². The summed E-state index contributed by atoms with van der Waals surface area (Å²) < 4.78 is 21.1. The third kappa shape index (κ3) is 6.29. The lowest BCUT2D eigenvalue weighted by atomic mass is 9.77. The lowest BCUT2D eigenvalue weighted by Gasteiger charge is -2.30. The van der Waals surface area contributed by atoms with Crippen LogP contribution in [0.4, 0.5) is 10.1 Å². The standard InChI is InChI=1S/C35H39FN2O3/c1-22(16-23-4-3-13-37-21-23)30-20-34(40)31-18-27(26-6-2-5-25(17-26)24-7-8-24)9-12-33(31)38-35(30)29-11-10-28(19-32(29)36)41-15-14-39/h2,5-6,9-12,17-19,22-24,30,37,39H,3-4,7-8,13-16,20-21H2,1H3. The molecular weight excluding hydrogens is 515 g/mol. The third-order valence-electron chi connectivity index (χ3n) is 8.93. The minimum atomic E-state index is -0.430. The number of nitrogens with zero attached hydrogens (tertiary/aromatic N) is 1. The lowest BCUT2D eigenvalue weighted by molar-refractivity contribution is 0.0960. The van der Waals surface area contributed by atoms with Gasteiger partial charge >= 0.3 is 0 Å². The van der Waals surface area contributed by atoms with Gasteiger partial charge in [0.2, 0.25) is 0 Å². The predicted molar refractivity (Wildman–Crippen MR) is 161 cm³/mol. The molecule has 3 aromatic rings. The summed E-state index contributed by atoms with van der Waals surface area (Å²) in [5.41, 5.74) is 5.71. The maximum Gasteiger partial charge on any atom is 0.165 e. The van der Waals surface area contributed by atoms with Crippen LogP contribution in [-0.4, -0.2) is 42.9 Å². The van der Waals surface area contributed by atoms with Crippen molar-refractivity contribution < 1.29 is 19.0 Å². The molecule has 1 saturated carbocycles. The summed E-state index contributed by atoms with van der Waals surface area (Å²) in [6.07, 6.45) is 6.05. The maximum absolute atomic E-state index is 15.6. The first kappa shape index (κ1) is 27.8. The number of halogens is 1. The number of ether oxygens (including phenoxy) is 1. The Morgan fingerprint density at radius 2 is 1.90 bits per heavy atom. The molecule has 0 aromatic heterocycles. The highest BCUT2D eigenvalue weighted by atomic mass is 19.1. The fourth-order valence-electron chi connectivity index (χ4n) is 6.55. The summed E-state index contributed by atoms with van der Waals surface area (Å²) >= 11 is 0. The lowest BCUT2D eigenvalue weighted by Crippen LogP contribution is -2.33. The average molecular weight is 555 g/mol. The molecule has 3 aliphatic rings. The van der Waals surface area contributed by atoms with Crippen LogP contribution in [0, 0.1) is 23.6 Å². The molecule has 2 aliphatic heterocycles. The van der Waals surface area contributed by atoms with E-state index in [2.05, 4.69) is 36.5 Å². The summed E-state index contributed by atoms with van der Waals surface area (Å²) in [6, 6.07) is 19.3. The van der Waals surface area contributed by atoms with Gasteiger partial charge in [-0.15, -0.1) is 0 Å². The first-order valence-corrected chi connectivity index (χ1v) is 15.1. The van der Waals surface area contributed by atoms with Crippen molar-refractivity contribution in [3.63, 3.8) is 0 Å². The Labute approximate surface area is 241 Å². The molecule has 6 rings (SSSR count). The smallest absolute Gasteiger partial charge is 0.165 e. The largest absolute Gasteiger partial charge is 0.491 e. The summed E-state index contributed by atoms with van der Waals surface area (Å²) in [5, 5.41) is 12.6. The summed E-state index contributed by atoms with van der Waals surface area (Å²) in [7, 11) is 0. The Morgan fingerprint density at radius 3 is 2.66 bits per heavy atom. The van der Waals surface area contributed by atoms with Crippen LogP contribution in [0.2, 0.25) is 0 Å². The molecule has 1 aliphatic carbocycles. The Morgan fingerprint density at radius 1 is 1.05 bits per heavy atom. The number of aliphatic imine (C=N–C) groups is 1. The van der Waals surface area contributed by atoms with Gasteiger partial charge in [-0.1, -0.05) is 37.3 Å². The Balaban J connectivity index is 1.37. The quantitative estimate of drug-likeness (QED) is 0.296. The molecule has 0 bridgehead atoms. The average Bonchev–Trinajstić information content (AvgIpc) is 3.85. The molecule has 6 heteroatoms. The zero-order valence-corrected chi connectivity index (χ0v) is 23.7. The van der Waals surface area contributed by atoms with Crippen molar-refractivity contribution >= 4 is 17.2 Å². The van der Waals surface area contributed by atoms with Gasteiger partial charge in [-0.3, -0.25) is 9.79 Å². The molecule has 2 fully saturated rings. The van der Waals surface area contributed by atoms with Gasteiger partial charge in [0.25, 0.3) is 0 Å². The number of hydrogen-bond donors (Lipinski definition) is 2. The normalized spacial score (nSPS) is 21.5. The van der Waals surface area contributed by atoms with Crippen LogP contribution in [0.3, 0.4) is 0 Å². The van der Waals surface area contributed by atoms with Crippen molar-refractivity contribution in [2.75, 3.05) is 26.3 Å². The molecular formula is C35H39FN2O3. The maximum atomic E-state index is 15.6. The molecule has 3 unspecified atom stereocenters. The second-order valence-corrected chi connectivity index (χ2v) is 12.0. The predicted octanol–water partition coefficient (Wildman–Crippen LogP) is 7.09. The van der Waals surface area contributed by atoms with Crippen molar-refractivity contribution in [3.8, 4) is 16.9 Å². The summed E-state index contributed by atoms with van der Waals surface area (Å²) in [4.78, 5) is 19.0. The minimum absolute atomic E-state index is 0.0564. The number of piperidine rings is 1. The van der Waals surface area contributed by atoms with Gasteiger partial charge in [0, 0.05) is 29.5 Å². The number of Topliss-reactive ketones (excluding diaryl/α,β-unsaturated/α-hetero) is 1. The van der Waals surface area contributed by atoms with E-state index in [1.54, 1.807) is 12.1 Å². The van der Waals surface area contributed by atoms with Gasteiger partial charge < -0.3 is 15.2 Å². The Kier molecular flexibility index (Phi) is 8.31. The number of hydrogen-bond acceptors (Lipinski definition) is 5. The van der Waals surface area contributed by atoms with Crippen molar-refractivity contribution in [1.29, 1.82) is 0 Å². The van der Waals surface area contributed by atoms with E-state index in [9.17, 15) is 4.79 Å². The monoisotopic (exact) mass is 554 g/mol. The molecule has 0 radical (unpaired) electrons. The van der Waals surface area contributed by atoms with E-state index in [-0.39, 0.29) is 30.8 Å². The topological polar surface area (TPSA) is 70.9 Å². The molecule has 1 saturated heterocycles. The molecule has 0 spiro atoms. The van der Waals surface area contributed by atoms with Gasteiger partial charge in [-0.2, -0.15) is 0 Å². The number of ketones is 1. The van der Waals surface area contributed by atoms with Crippen LogP contribution in [0.1, 0.15) is 72.9 Å². The second kappa shape index (κ2) is 12.3. The second-order valence-electron chi connectivity index (χ2n) is 12.0. The number of aliphatic hydroxyl groups is 1. The first-order chi connectivity index (χ1) is 20.0. The van der Waals surface area contributed by atoms with E-state index >= 15 is 4.39 Å². The number of aliphatic hydroxyl groups excluding tert-OH is 1. The third-order valence-corrected chi connectivity index (χ3v) is 8.93. The number of rotatable bonds is 9. The molecule has 0 amide bonds. The van der Waals surface area contributed by atoms with Crippen LogP contribution >= 0.6 is 0 Å². The Bertz CT molecular complexity index is 1440. The van der Waals surface area contributed by atoms with Crippen molar-refractivity contribution in [2.45, 2.75) is 51.4 Å². The summed E-state index contributed by atoms with van der Waals surface area (Å²) in [5.74, 6) is 1.11. The van der Waals surface area contributed by atoms with Gasteiger partial charge in [0.05, 0.1) is 18.0 Å². The molecule has 214 valence electrons. The highest BCUT2D eigenvalue weighted by Gasteiger charge is 2.34. The highest BCUT2D eigenvalue weighted by molar-refractivity contribution is 6.12. The van der Waals surface area contributed by atoms with Crippen LogP contribution in [0.25, 0.3) is 11.1 Å². The van der Waals surface area contributed by atoms with Gasteiger partial charge in [-0.05, 0) is 104 Å². The van der Waals surface area contributed by atoms with E-state index in [0.29, 0.717) is 46.5 Å². The molecule has 2 N–H and O–H groups in total. The summed E-state index contributed by atoms with van der Waals surface area (Å²) in [6.45, 7) is 4.17. The van der Waals surface area contributed by atoms with E-state index in [4.69, 9.17) is 14.8 Å². The fraction of sp³-hybridized carbons (Fsp3) is 0.429. The van der Waals surface area contributed by atoms with Gasteiger partial charge in [0.1, 0.15) is 18.2 Å². The van der Waals surface area contributed by atoms with Crippen molar-refractivity contribution in [2.24, 2.45) is 22.7 Å². The van der Waals surface area contributed by atoms with Crippen LogP contribution in [0.5, 0.6) is 5.75 Å². The number of carbonyl (C=O) groups is 1. The van der Waals surface area contributed by atoms with E-state index in [0.717, 1.165) is 37.1 Å². The van der Waals surface area contributed by atoms with E-state index < -0.39 is 5.82 Å². The number of carbonyl (C=O) groups excluding carboxylic acids is 1. The van der Waals surface area contributed by atoms with E-state index in [1.165, 1.54) is 30.9 Å². The molecule has 41 heavy (non-hydrogen) atoms. The number of fused-ring (bicyclic) bond motifs is 1. The number of benzene rings is 3. The minimum Gasteiger partial charge on any atom is -0.491 e. The SMILES string of the molecule is CC(CC1CCCNC1)C1CC(=O)c2cc(-c3cccc(C4CC4)c3)ccc2N=C1c1ccc(OCCO)cc1F. The molecule has 2 heterocycles. The fourth-order valence-corrected chi connectivity index (χ4v) is 6.55. The highest BCUT2D eigenvalue weighted by Crippen LogP contribution is 2.42. The Hall–Kier alpha value is -3.35. The molecule has 3 atom stereocenters. The zero-order chi connectivity index (χ0) is 28.3. The number of nitrogens with one attached hydrogen (secondary N) is 1.